The van der Waals surface area contributed by atoms with Crippen molar-refractivity contribution in [3.63, 3.8) is 0 Å². The van der Waals surface area contributed by atoms with E-state index >= 15 is 0 Å². The van der Waals surface area contributed by atoms with Crippen LogP contribution in [0.3, 0.4) is 0 Å². The van der Waals surface area contributed by atoms with E-state index in [-0.39, 0.29) is 5.54 Å². The van der Waals surface area contributed by atoms with Gasteiger partial charge in [0, 0.05) is 30.7 Å². The van der Waals surface area contributed by atoms with Gasteiger partial charge in [-0.05, 0) is 26.7 Å². The Hall–Kier alpha value is -0.870. The van der Waals surface area contributed by atoms with Gasteiger partial charge in [0.25, 0.3) is 0 Å². The minimum Gasteiger partial charge on any atom is -0.360 e. The third-order valence-electron chi connectivity index (χ3n) is 4.12. The number of rotatable bonds is 4. The van der Waals surface area contributed by atoms with E-state index in [1.807, 2.05) is 13.0 Å². The molecule has 0 amide bonds. The molecule has 2 atom stereocenters. The van der Waals surface area contributed by atoms with Gasteiger partial charge in [0.1, 0.15) is 0 Å². The normalized spacial score (nSPS) is 29.7. The SMILES string of the molecule is CCC1CNC(C)(CC)CN1Cc1cc(C)no1. The van der Waals surface area contributed by atoms with Gasteiger partial charge in [0.05, 0.1) is 12.2 Å². The summed E-state index contributed by atoms with van der Waals surface area (Å²) in [5.41, 5.74) is 1.19. The highest BCUT2D eigenvalue weighted by Gasteiger charge is 2.34. The molecule has 1 aliphatic rings. The van der Waals surface area contributed by atoms with Gasteiger partial charge in [-0.1, -0.05) is 19.0 Å². The van der Waals surface area contributed by atoms with E-state index in [1.54, 1.807) is 0 Å². The average molecular weight is 251 g/mol. The Labute approximate surface area is 110 Å². The van der Waals surface area contributed by atoms with Gasteiger partial charge in [-0.15, -0.1) is 0 Å². The molecule has 18 heavy (non-hydrogen) atoms. The molecule has 1 aromatic rings. The summed E-state index contributed by atoms with van der Waals surface area (Å²) in [5, 5.41) is 7.65. The molecule has 0 aliphatic carbocycles. The Balaban J connectivity index is 2.06. The van der Waals surface area contributed by atoms with Gasteiger partial charge >= 0.3 is 0 Å². The number of aromatic nitrogens is 1. The highest BCUT2D eigenvalue weighted by atomic mass is 16.5. The second kappa shape index (κ2) is 5.41. The second-order valence-corrected chi connectivity index (χ2v) is 5.70. The lowest BCUT2D eigenvalue weighted by Gasteiger charge is -2.45. The molecule has 102 valence electrons. The average Bonchev–Trinajstić information content (AvgIpc) is 2.75. The quantitative estimate of drug-likeness (QED) is 0.892. The number of hydrogen-bond donors (Lipinski definition) is 1. The van der Waals surface area contributed by atoms with Crippen molar-refractivity contribution < 1.29 is 4.52 Å². The summed E-state index contributed by atoms with van der Waals surface area (Å²) in [5.74, 6) is 0.978. The maximum atomic E-state index is 5.35. The summed E-state index contributed by atoms with van der Waals surface area (Å²) in [4.78, 5) is 2.53. The molecular formula is C14H25N3O. The number of nitrogens with zero attached hydrogens (tertiary/aromatic N) is 2. The molecule has 4 nitrogen and oxygen atoms in total. The van der Waals surface area contributed by atoms with Gasteiger partial charge in [0.2, 0.25) is 0 Å². The van der Waals surface area contributed by atoms with E-state index in [0.29, 0.717) is 6.04 Å². The van der Waals surface area contributed by atoms with Crippen LogP contribution in [-0.2, 0) is 6.54 Å². The zero-order valence-electron chi connectivity index (χ0n) is 12.0. The van der Waals surface area contributed by atoms with Crippen LogP contribution in [0.25, 0.3) is 0 Å². The molecule has 0 spiro atoms. The molecule has 1 aliphatic heterocycles. The molecule has 0 saturated carbocycles. The predicted molar refractivity (Wildman–Crippen MR) is 72.4 cm³/mol. The van der Waals surface area contributed by atoms with Crippen LogP contribution in [0.15, 0.2) is 10.6 Å². The van der Waals surface area contributed by atoms with E-state index in [9.17, 15) is 0 Å². The van der Waals surface area contributed by atoms with Crippen LogP contribution in [-0.4, -0.2) is 34.7 Å². The zero-order valence-corrected chi connectivity index (χ0v) is 12.0. The van der Waals surface area contributed by atoms with Crippen molar-refractivity contribution in [2.45, 2.75) is 58.7 Å². The lowest BCUT2D eigenvalue weighted by atomic mass is 9.92. The van der Waals surface area contributed by atoms with Crippen LogP contribution >= 0.6 is 0 Å². The first-order valence-electron chi connectivity index (χ1n) is 6.97. The van der Waals surface area contributed by atoms with Gasteiger partial charge < -0.3 is 9.84 Å². The Morgan fingerprint density at radius 2 is 2.33 bits per heavy atom. The summed E-state index contributed by atoms with van der Waals surface area (Å²) in [6.07, 6.45) is 2.31. The molecular weight excluding hydrogens is 226 g/mol. The standard InChI is InChI=1S/C14H25N3O/c1-5-12-8-15-14(4,6-2)10-17(12)9-13-7-11(3)16-18-13/h7,12,15H,5-6,8-10H2,1-4H3. The molecule has 0 radical (unpaired) electrons. The second-order valence-electron chi connectivity index (χ2n) is 5.70. The van der Waals surface area contributed by atoms with Crippen LogP contribution in [0.1, 0.15) is 45.1 Å². The Morgan fingerprint density at radius 1 is 1.56 bits per heavy atom. The van der Waals surface area contributed by atoms with Crippen molar-refractivity contribution in [2.75, 3.05) is 13.1 Å². The fourth-order valence-electron chi connectivity index (χ4n) is 2.64. The summed E-state index contributed by atoms with van der Waals surface area (Å²) >= 11 is 0. The van der Waals surface area contributed by atoms with E-state index in [0.717, 1.165) is 37.5 Å². The first-order chi connectivity index (χ1) is 8.56. The fourth-order valence-corrected chi connectivity index (χ4v) is 2.64. The number of aryl methyl sites for hydroxylation is 1. The first kappa shape index (κ1) is 13.6. The van der Waals surface area contributed by atoms with E-state index in [4.69, 9.17) is 4.52 Å². The topological polar surface area (TPSA) is 41.3 Å². The molecule has 2 heterocycles. The van der Waals surface area contributed by atoms with Gasteiger partial charge in [-0.2, -0.15) is 0 Å². The van der Waals surface area contributed by atoms with Crippen LogP contribution in [0.4, 0.5) is 0 Å². The lowest BCUT2D eigenvalue weighted by Crippen LogP contribution is -2.62. The van der Waals surface area contributed by atoms with Crippen LogP contribution in [0.5, 0.6) is 0 Å². The van der Waals surface area contributed by atoms with Gasteiger partial charge in [-0.3, -0.25) is 4.90 Å². The van der Waals surface area contributed by atoms with E-state index in [2.05, 4.69) is 36.1 Å². The van der Waals surface area contributed by atoms with Crippen molar-refractivity contribution in [1.82, 2.24) is 15.4 Å². The lowest BCUT2D eigenvalue weighted by molar-refractivity contribution is 0.0676. The smallest absolute Gasteiger partial charge is 0.150 e. The summed E-state index contributed by atoms with van der Waals surface area (Å²) in [6, 6.07) is 2.63. The summed E-state index contributed by atoms with van der Waals surface area (Å²) < 4.78 is 5.35. The molecule has 4 heteroatoms. The predicted octanol–water partition coefficient (Wildman–Crippen LogP) is 2.34. The largest absolute Gasteiger partial charge is 0.360 e. The molecule has 0 bridgehead atoms. The molecule has 1 saturated heterocycles. The number of nitrogens with one attached hydrogen (secondary N) is 1. The molecule has 1 aromatic heterocycles. The van der Waals surface area contributed by atoms with Crippen LogP contribution in [0.2, 0.25) is 0 Å². The van der Waals surface area contributed by atoms with Gasteiger partial charge in [0.15, 0.2) is 5.76 Å². The molecule has 0 aromatic carbocycles. The van der Waals surface area contributed by atoms with Crippen molar-refractivity contribution in [1.29, 1.82) is 0 Å². The number of piperazine rings is 1. The van der Waals surface area contributed by atoms with E-state index in [1.165, 1.54) is 6.42 Å². The Morgan fingerprint density at radius 3 is 2.89 bits per heavy atom. The number of hydrogen-bond acceptors (Lipinski definition) is 4. The van der Waals surface area contributed by atoms with Crippen molar-refractivity contribution in [3.05, 3.63) is 17.5 Å². The summed E-state index contributed by atoms with van der Waals surface area (Å²) in [6.45, 7) is 11.8. The maximum Gasteiger partial charge on any atom is 0.150 e. The van der Waals surface area contributed by atoms with Crippen LogP contribution < -0.4 is 5.32 Å². The minimum atomic E-state index is 0.223. The third kappa shape index (κ3) is 2.93. The molecule has 2 unspecified atom stereocenters. The van der Waals surface area contributed by atoms with Crippen LogP contribution in [0, 0.1) is 6.92 Å². The fraction of sp³-hybridized carbons (Fsp3) is 0.786. The Bertz CT molecular complexity index is 390. The zero-order chi connectivity index (χ0) is 13.2. The monoisotopic (exact) mass is 251 g/mol. The third-order valence-corrected chi connectivity index (χ3v) is 4.12. The highest BCUT2D eigenvalue weighted by Crippen LogP contribution is 2.22. The maximum absolute atomic E-state index is 5.35. The summed E-state index contributed by atoms with van der Waals surface area (Å²) in [7, 11) is 0. The molecule has 2 rings (SSSR count). The van der Waals surface area contributed by atoms with Crippen molar-refractivity contribution in [2.24, 2.45) is 0 Å². The minimum absolute atomic E-state index is 0.223. The van der Waals surface area contributed by atoms with Crippen molar-refractivity contribution >= 4 is 0 Å². The van der Waals surface area contributed by atoms with Gasteiger partial charge in [-0.25, -0.2) is 0 Å². The molecule has 1 fully saturated rings. The highest BCUT2D eigenvalue weighted by molar-refractivity contribution is 5.04. The Kier molecular flexibility index (Phi) is 4.07. The molecule has 1 N–H and O–H groups in total. The van der Waals surface area contributed by atoms with E-state index < -0.39 is 0 Å². The first-order valence-corrected chi connectivity index (χ1v) is 6.97. The van der Waals surface area contributed by atoms with Crippen molar-refractivity contribution in [3.8, 4) is 0 Å².